The Balaban J connectivity index is 3.27. The van der Waals surface area contributed by atoms with E-state index in [2.05, 4.69) is 5.32 Å². The van der Waals surface area contributed by atoms with E-state index >= 15 is 0 Å². The molecule has 3 nitrogen and oxygen atoms in total. The van der Waals surface area contributed by atoms with E-state index in [1.807, 2.05) is 0 Å². The van der Waals surface area contributed by atoms with Gasteiger partial charge in [0.2, 0.25) is 0 Å². The maximum Gasteiger partial charge on any atom is 0.162 e. The van der Waals surface area contributed by atoms with Crippen LogP contribution in [0, 0.1) is 0 Å². The number of para-hydroxylation sites is 1. The van der Waals surface area contributed by atoms with E-state index in [-0.39, 0.29) is 11.5 Å². The lowest BCUT2D eigenvalue weighted by molar-refractivity contribution is 0.101. The summed E-state index contributed by atoms with van der Waals surface area (Å²) >= 11 is 0. The molecule has 0 aliphatic rings. The molecule has 0 aliphatic carbocycles. The zero-order valence-corrected chi connectivity index (χ0v) is 7.09. The highest BCUT2D eigenvalue weighted by Gasteiger charge is 2.08. The minimum atomic E-state index is -0.0600. The number of phenolic OH excluding ortho intramolecular Hbond substituents is 1. The molecule has 0 amide bonds. The Morgan fingerprint density at radius 1 is 1.50 bits per heavy atom. The van der Waals surface area contributed by atoms with Crippen molar-refractivity contribution in [3.63, 3.8) is 0 Å². The van der Waals surface area contributed by atoms with Crippen LogP contribution >= 0.6 is 0 Å². The SMILES string of the molecule is CNc1c(O)cccc1C(C)=O. The van der Waals surface area contributed by atoms with E-state index in [4.69, 9.17) is 0 Å². The monoisotopic (exact) mass is 165 g/mol. The Hall–Kier alpha value is -1.51. The number of anilines is 1. The second-order valence-electron chi connectivity index (χ2n) is 2.51. The van der Waals surface area contributed by atoms with Crippen LogP contribution in [0.4, 0.5) is 5.69 Å². The number of hydrogen-bond acceptors (Lipinski definition) is 3. The third-order valence-corrected chi connectivity index (χ3v) is 1.67. The second-order valence-corrected chi connectivity index (χ2v) is 2.51. The molecule has 0 heterocycles. The zero-order chi connectivity index (χ0) is 9.14. The van der Waals surface area contributed by atoms with Crippen LogP contribution < -0.4 is 5.32 Å². The molecule has 0 spiro atoms. The molecule has 1 rings (SSSR count). The number of phenols is 1. The first-order valence-electron chi connectivity index (χ1n) is 3.67. The summed E-state index contributed by atoms with van der Waals surface area (Å²) in [7, 11) is 1.67. The number of benzene rings is 1. The lowest BCUT2D eigenvalue weighted by Crippen LogP contribution is -1.99. The summed E-state index contributed by atoms with van der Waals surface area (Å²) in [5.74, 6) is 0.0421. The lowest BCUT2D eigenvalue weighted by Gasteiger charge is -2.07. The van der Waals surface area contributed by atoms with Gasteiger partial charge in [0.1, 0.15) is 5.75 Å². The summed E-state index contributed by atoms with van der Waals surface area (Å²) in [6.07, 6.45) is 0. The van der Waals surface area contributed by atoms with Crippen LogP contribution in [-0.2, 0) is 0 Å². The van der Waals surface area contributed by atoms with Gasteiger partial charge in [0.25, 0.3) is 0 Å². The molecule has 2 N–H and O–H groups in total. The Bertz CT molecular complexity index is 307. The van der Waals surface area contributed by atoms with Gasteiger partial charge in [0.05, 0.1) is 5.69 Å². The number of hydrogen-bond donors (Lipinski definition) is 2. The van der Waals surface area contributed by atoms with E-state index in [9.17, 15) is 9.90 Å². The molecule has 0 aliphatic heterocycles. The van der Waals surface area contributed by atoms with Gasteiger partial charge in [-0.2, -0.15) is 0 Å². The third kappa shape index (κ3) is 1.39. The van der Waals surface area contributed by atoms with E-state index in [1.54, 1.807) is 19.2 Å². The highest BCUT2D eigenvalue weighted by Crippen LogP contribution is 2.26. The van der Waals surface area contributed by atoms with Gasteiger partial charge < -0.3 is 10.4 Å². The quantitative estimate of drug-likeness (QED) is 0.517. The van der Waals surface area contributed by atoms with Crippen molar-refractivity contribution in [1.82, 2.24) is 0 Å². The molecule has 0 unspecified atom stereocenters. The minimum Gasteiger partial charge on any atom is -0.506 e. The third-order valence-electron chi connectivity index (χ3n) is 1.67. The molecule has 0 fully saturated rings. The molecule has 1 aromatic carbocycles. The van der Waals surface area contributed by atoms with E-state index in [0.717, 1.165) is 0 Å². The second kappa shape index (κ2) is 3.26. The maximum absolute atomic E-state index is 11.0. The van der Waals surface area contributed by atoms with Crippen molar-refractivity contribution in [2.75, 3.05) is 12.4 Å². The number of carbonyl (C=O) groups excluding carboxylic acids is 1. The van der Waals surface area contributed by atoms with Crippen LogP contribution in [0.2, 0.25) is 0 Å². The van der Waals surface area contributed by atoms with Gasteiger partial charge in [-0.15, -0.1) is 0 Å². The highest BCUT2D eigenvalue weighted by atomic mass is 16.3. The molecule has 0 radical (unpaired) electrons. The van der Waals surface area contributed by atoms with Crippen molar-refractivity contribution in [2.24, 2.45) is 0 Å². The van der Waals surface area contributed by atoms with E-state index in [0.29, 0.717) is 11.3 Å². The van der Waals surface area contributed by atoms with E-state index < -0.39 is 0 Å². The molecule has 0 atom stereocenters. The predicted octanol–water partition coefficient (Wildman–Crippen LogP) is 1.64. The van der Waals surface area contributed by atoms with Crippen molar-refractivity contribution in [1.29, 1.82) is 0 Å². The van der Waals surface area contributed by atoms with Crippen LogP contribution in [0.1, 0.15) is 17.3 Å². The largest absolute Gasteiger partial charge is 0.506 e. The fraction of sp³-hybridized carbons (Fsp3) is 0.222. The molecule has 1 aromatic rings. The van der Waals surface area contributed by atoms with Crippen molar-refractivity contribution in [3.05, 3.63) is 23.8 Å². The van der Waals surface area contributed by atoms with Gasteiger partial charge in [-0.3, -0.25) is 4.79 Å². The van der Waals surface area contributed by atoms with Gasteiger partial charge in [-0.1, -0.05) is 6.07 Å². The van der Waals surface area contributed by atoms with Crippen molar-refractivity contribution < 1.29 is 9.90 Å². The van der Waals surface area contributed by atoms with Crippen LogP contribution in [0.3, 0.4) is 0 Å². The molecular weight excluding hydrogens is 154 g/mol. The lowest BCUT2D eigenvalue weighted by atomic mass is 10.1. The normalized spacial score (nSPS) is 9.50. The Kier molecular flexibility index (Phi) is 2.33. The highest BCUT2D eigenvalue weighted by molar-refractivity contribution is 6.00. The van der Waals surface area contributed by atoms with Crippen molar-refractivity contribution >= 4 is 11.5 Å². The van der Waals surface area contributed by atoms with Gasteiger partial charge in [-0.25, -0.2) is 0 Å². The number of Topliss-reactive ketones (excluding diaryl/α,β-unsaturated/α-hetero) is 1. The molecule has 0 saturated carbocycles. The first-order chi connectivity index (χ1) is 5.66. The minimum absolute atomic E-state index is 0.0600. The van der Waals surface area contributed by atoms with Crippen LogP contribution in [-0.4, -0.2) is 17.9 Å². The molecule has 0 saturated heterocycles. The Labute approximate surface area is 71.0 Å². The molecule has 64 valence electrons. The standard InChI is InChI=1S/C9H11NO2/c1-6(11)7-4-3-5-8(12)9(7)10-2/h3-5,10,12H,1-2H3. The molecule has 3 heteroatoms. The average Bonchev–Trinajstić information content (AvgIpc) is 2.03. The molecule has 0 bridgehead atoms. The van der Waals surface area contributed by atoms with Crippen LogP contribution in [0.15, 0.2) is 18.2 Å². The van der Waals surface area contributed by atoms with Crippen molar-refractivity contribution in [3.8, 4) is 5.75 Å². The van der Waals surface area contributed by atoms with Gasteiger partial charge in [0, 0.05) is 12.6 Å². The first kappa shape index (κ1) is 8.59. The van der Waals surface area contributed by atoms with Crippen LogP contribution in [0.5, 0.6) is 5.75 Å². The van der Waals surface area contributed by atoms with Gasteiger partial charge in [-0.05, 0) is 19.1 Å². The first-order valence-corrected chi connectivity index (χ1v) is 3.67. The number of carbonyl (C=O) groups is 1. The molecule has 12 heavy (non-hydrogen) atoms. The van der Waals surface area contributed by atoms with Gasteiger partial charge in [0.15, 0.2) is 5.78 Å². The fourth-order valence-corrected chi connectivity index (χ4v) is 1.10. The average molecular weight is 165 g/mol. The maximum atomic E-state index is 11.0. The number of rotatable bonds is 2. The number of aromatic hydroxyl groups is 1. The smallest absolute Gasteiger partial charge is 0.162 e. The number of nitrogens with one attached hydrogen (secondary N) is 1. The summed E-state index contributed by atoms with van der Waals surface area (Å²) in [6.45, 7) is 1.47. The summed E-state index contributed by atoms with van der Waals surface area (Å²) in [5.41, 5.74) is 1.00. The van der Waals surface area contributed by atoms with Crippen LogP contribution in [0.25, 0.3) is 0 Å². The Morgan fingerprint density at radius 3 is 2.58 bits per heavy atom. The van der Waals surface area contributed by atoms with E-state index in [1.165, 1.54) is 13.0 Å². The fourth-order valence-electron chi connectivity index (χ4n) is 1.10. The zero-order valence-electron chi connectivity index (χ0n) is 7.09. The van der Waals surface area contributed by atoms with Gasteiger partial charge >= 0.3 is 0 Å². The molecular formula is C9H11NO2. The van der Waals surface area contributed by atoms with Crippen molar-refractivity contribution in [2.45, 2.75) is 6.92 Å². The summed E-state index contributed by atoms with van der Waals surface area (Å²) in [4.78, 5) is 11.0. The summed E-state index contributed by atoms with van der Waals surface area (Å²) < 4.78 is 0. The number of ketones is 1. The Morgan fingerprint density at radius 2 is 2.17 bits per heavy atom. The topological polar surface area (TPSA) is 49.3 Å². The molecule has 0 aromatic heterocycles. The summed E-state index contributed by atoms with van der Waals surface area (Å²) in [5, 5.41) is 12.1. The predicted molar refractivity (Wildman–Crippen MR) is 47.7 cm³/mol. The summed E-state index contributed by atoms with van der Waals surface area (Å²) in [6, 6.07) is 4.86.